The summed E-state index contributed by atoms with van der Waals surface area (Å²) in [7, 11) is 1.61. The number of nitrogens with zero attached hydrogens (tertiary/aromatic N) is 1. The van der Waals surface area contributed by atoms with Crippen LogP contribution in [0.4, 0.5) is 0 Å². The van der Waals surface area contributed by atoms with E-state index in [0.717, 1.165) is 21.3 Å². The summed E-state index contributed by atoms with van der Waals surface area (Å²) in [6.07, 6.45) is 0.123. The molecule has 3 rings (SSSR count). The number of carbonyl (C=O) groups excluding carboxylic acids is 1. The predicted octanol–water partition coefficient (Wildman–Crippen LogP) is 3.86. The van der Waals surface area contributed by atoms with Gasteiger partial charge in [-0.3, -0.25) is 4.79 Å². The third-order valence-corrected chi connectivity index (χ3v) is 4.79. The maximum absolute atomic E-state index is 11.6. The van der Waals surface area contributed by atoms with Crippen LogP contribution in [-0.2, 0) is 16.0 Å². The van der Waals surface area contributed by atoms with E-state index in [9.17, 15) is 4.79 Å². The minimum Gasteiger partial charge on any atom is -0.466 e. The molecule has 0 radical (unpaired) electrons. The van der Waals surface area contributed by atoms with Crippen molar-refractivity contribution in [1.29, 1.82) is 0 Å². The van der Waals surface area contributed by atoms with Gasteiger partial charge in [-0.05, 0) is 34.1 Å². The van der Waals surface area contributed by atoms with Crippen molar-refractivity contribution in [3.8, 4) is 0 Å². The summed E-state index contributed by atoms with van der Waals surface area (Å²) in [6.45, 7) is 2.15. The Morgan fingerprint density at radius 3 is 3.15 bits per heavy atom. The van der Waals surface area contributed by atoms with E-state index in [0.29, 0.717) is 17.9 Å². The number of aromatic amines is 1. The number of nitrogens with one attached hydrogen (secondary N) is 1. The number of carbonyl (C=O) groups is 1. The minimum absolute atomic E-state index is 0.123. The van der Waals surface area contributed by atoms with Crippen molar-refractivity contribution < 1.29 is 14.1 Å². The highest BCUT2D eigenvalue weighted by Gasteiger charge is 2.17. The molecule has 0 aliphatic heterocycles. The average Bonchev–Trinajstić information content (AvgIpc) is 3.02. The fourth-order valence-corrected chi connectivity index (χ4v) is 3.22. The molecule has 5 nitrogen and oxygen atoms in total. The first-order valence-corrected chi connectivity index (χ1v) is 9.43. The molecule has 0 aliphatic carbocycles. The Morgan fingerprint density at radius 2 is 2.40 bits per heavy atom. The van der Waals surface area contributed by atoms with Gasteiger partial charge in [0.1, 0.15) is 5.69 Å². The second-order valence-corrected chi connectivity index (χ2v) is 6.14. The summed E-state index contributed by atoms with van der Waals surface area (Å²) in [5, 5.41) is 6.95. The Bertz CT molecular complexity index is 780. The summed E-state index contributed by atoms with van der Waals surface area (Å²) in [5.74, 6) is -0.293. The molecule has 0 saturated carbocycles. The fraction of sp³-hybridized carbons (Fsp3) is 0.231. The largest absolute Gasteiger partial charge is 0.466 e. The lowest BCUT2D eigenvalue weighted by Gasteiger charge is -1.99. The number of H-pyrrole nitrogens is 1. The lowest BCUT2D eigenvalue weighted by molar-refractivity contribution is -0.142. The topological polar surface area (TPSA) is 68.1 Å². The molecule has 1 N–H and O–H groups in total. The van der Waals surface area contributed by atoms with Crippen molar-refractivity contribution >= 4 is 58.0 Å². The van der Waals surface area contributed by atoms with Crippen molar-refractivity contribution in [2.24, 2.45) is 0 Å². The van der Waals surface area contributed by atoms with Crippen LogP contribution in [0.15, 0.2) is 27.7 Å². The molecule has 1 aromatic carbocycles. The summed E-state index contributed by atoms with van der Waals surface area (Å²) in [5.41, 5.74) is 2.30. The molecular formula is C13H11IN2O3S. The smallest absolute Gasteiger partial charge is 0.312 e. The lowest BCUT2D eigenvalue weighted by atomic mass is 10.1. The van der Waals surface area contributed by atoms with Gasteiger partial charge in [-0.15, -0.1) is 0 Å². The van der Waals surface area contributed by atoms with Gasteiger partial charge in [-0.1, -0.05) is 5.16 Å². The standard InChI is InChI=1S/C13H11IN2O3S/c1-2-18-12(17)6-9-13-7-5-11(20-14)15-8(7)3-4-10(13)19-16-9/h3-5,15H,2,6H2,1H3. The van der Waals surface area contributed by atoms with Gasteiger partial charge in [0.2, 0.25) is 0 Å². The van der Waals surface area contributed by atoms with Crippen molar-refractivity contribution in [1.82, 2.24) is 10.1 Å². The van der Waals surface area contributed by atoms with Gasteiger partial charge in [0, 0.05) is 32.1 Å². The van der Waals surface area contributed by atoms with E-state index in [1.807, 2.05) is 18.2 Å². The zero-order valence-corrected chi connectivity index (χ0v) is 13.6. The van der Waals surface area contributed by atoms with Gasteiger partial charge in [0.15, 0.2) is 5.58 Å². The molecular weight excluding hydrogens is 391 g/mol. The summed E-state index contributed by atoms with van der Waals surface area (Å²) < 4.78 is 10.3. The van der Waals surface area contributed by atoms with E-state index in [1.165, 1.54) is 0 Å². The van der Waals surface area contributed by atoms with Crippen molar-refractivity contribution in [2.75, 3.05) is 6.61 Å². The molecule has 0 unspecified atom stereocenters. The highest BCUT2D eigenvalue weighted by Crippen LogP contribution is 2.33. The third-order valence-electron chi connectivity index (χ3n) is 2.98. The molecule has 7 heteroatoms. The minimum atomic E-state index is -0.293. The summed E-state index contributed by atoms with van der Waals surface area (Å²) in [6, 6.07) is 5.85. The van der Waals surface area contributed by atoms with Crippen LogP contribution in [0.5, 0.6) is 0 Å². The molecule has 0 bridgehead atoms. The first-order valence-electron chi connectivity index (χ1n) is 6.07. The van der Waals surface area contributed by atoms with Gasteiger partial charge < -0.3 is 14.2 Å². The third kappa shape index (κ3) is 2.39. The highest BCUT2D eigenvalue weighted by molar-refractivity contribution is 14.2. The van der Waals surface area contributed by atoms with E-state index in [1.54, 1.807) is 15.9 Å². The monoisotopic (exact) mass is 402 g/mol. The second kappa shape index (κ2) is 5.65. The molecule has 0 spiro atoms. The van der Waals surface area contributed by atoms with E-state index in [4.69, 9.17) is 9.26 Å². The van der Waals surface area contributed by atoms with Crippen LogP contribution in [0.1, 0.15) is 12.6 Å². The molecule has 0 aliphatic rings. The zero-order valence-electron chi connectivity index (χ0n) is 10.6. The van der Waals surface area contributed by atoms with E-state index in [-0.39, 0.29) is 12.4 Å². The van der Waals surface area contributed by atoms with Crippen molar-refractivity contribution in [2.45, 2.75) is 18.4 Å². The van der Waals surface area contributed by atoms with Gasteiger partial charge in [-0.2, -0.15) is 0 Å². The van der Waals surface area contributed by atoms with E-state index in [2.05, 4.69) is 31.3 Å². The number of hydrogen-bond acceptors (Lipinski definition) is 5. The van der Waals surface area contributed by atoms with Crippen LogP contribution >= 0.6 is 30.1 Å². The zero-order chi connectivity index (χ0) is 14.1. The van der Waals surface area contributed by atoms with Gasteiger partial charge in [0.05, 0.1) is 23.4 Å². The fourth-order valence-electron chi connectivity index (χ4n) is 2.19. The normalized spacial score (nSPS) is 11.3. The maximum Gasteiger partial charge on any atom is 0.312 e. The Hall–Kier alpha value is -1.22. The maximum atomic E-state index is 11.6. The molecule has 2 aromatic heterocycles. The first kappa shape index (κ1) is 13.7. The number of ether oxygens (including phenoxy) is 1. The molecule has 3 aromatic rings. The quantitative estimate of drug-likeness (QED) is 0.530. The Balaban J connectivity index is 2.13. The van der Waals surface area contributed by atoms with Crippen LogP contribution in [0.3, 0.4) is 0 Å². The number of esters is 1. The van der Waals surface area contributed by atoms with Crippen LogP contribution < -0.4 is 0 Å². The van der Waals surface area contributed by atoms with Gasteiger partial charge >= 0.3 is 5.97 Å². The highest BCUT2D eigenvalue weighted by atomic mass is 127. The number of rotatable bonds is 4. The van der Waals surface area contributed by atoms with Crippen LogP contribution in [-0.4, -0.2) is 22.7 Å². The second-order valence-electron chi connectivity index (χ2n) is 4.22. The molecule has 2 heterocycles. The van der Waals surface area contributed by atoms with Gasteiger partial charge in [0.25, 0.3) is 0 Å². The summed E-state index contributed by atoms with van der Waals surface area (Å²) >= 11 is 2.22. The number of hydrogen-bond donors (Lipinski definition) is 1. The van der Waals surface area contributed by atoms with Crippen molar-refractivity contribution in [3.63, 3.8) is 0 Å². The lowest BCUT2D eigenvalue weighted by Crippen LogP contribution is -2.07. The Morgan fingerprint density at radius 1 is 1.55 bits per heavy atom. The molecule has 104 valence electrons. The van der Waals surface area contributed by atoms with Crippen LogP contribution in [0.2, 0.25) is 0 Å². The SMILES string of the molecule is CCOC(=O)Cc1noc2ccc3[nH]c(SI)cc3c12. The van der Waals surface area contributed by atoms with Crippen LogP contribution in [0.25, 0.3) is 21.9 Å². The van der Waals surface area contributed by atoms with E-state index >= 15 is 0 Å². The summed E-state index contributed by atoms with van der Waals surface area (Å²) in [4.78, 5) is 14.9. The average molecular weight is 402 g/mol. The molecule has 0 fully saturated rings. The Labute approximate surface area is 131 Å². The Kier molecular flexibility index (Phi) is 3.88. The first-order chi connectivity index (χ1) is 9.72. The van der Waals surface area contributed by atoms with Crippen LogP contribution in [0, 0.1) is 0 Å². The molecule has 0 saturated heterocycles. The van der Waals surface area contributed by atoms with Crippen molar-refractivity contribution in [3.05, 3.63) is 23.9 Å². The molecule has 20 heavy (non-hydrogen) atoms. The molecule has 0 amide bonds. The number of aromatic nitrogens is 2. The number of fused-ring (bicyclic) bond motifs is 3. The molecule has 0 atom stereocenters. The van der Waals surface area contributed by atoms with E-state index < -0.39 is 0 Å². The predicted molar refractivity (Wildman–Crippen MR) is 86.1 cm³/mol. The van der Waals surface area contributed by atoms with Gasteiger partial charge in [-0.25, -0.2) is 0 Å². The number of halogens is 1. The number of benzene rings is 1.